The van der Waals surface area contributed by atoms with Gasteiger partial charge in [-0.25, -0.2) is 13.2 Å². The van der Waals surface area contributed by atoms with Crippen LogP contribution in [0, 0.1) is 36.1 Å². The first-order chi connectivity index (χ1) is 18.9. The monoisotopic (exact) mass is 540 g/mol. The quantitative estimate of drug-likeness (QED) is 0.164. The van der Waals surface area contributed by atoms with Crippen LogP contribution >= 0.6 is 0 Å². The Morgan fingerprint density at radius 1 is 0.718 bits per heavy atom. The summed E-state index contributed by atoms with van der Waals surface area (Å²) in [6, 6.07) is 13.9. The van der Waals surface area contributed by atoms with E-state index < -0.39 is 23.3 Å². The van der Waals surface area contributed by atoms with E-state index in [0.29, 0.717) is 35.6 Å². The molecular formula is C34H40F4O. The van der Waals surface area contributed by atoms with Gasteiger partial charge in [-0.3, -0.25) is 0 Å². The maximum absolute atomic E-state index is 14.9. The molecule has 0 aromatic heterocycles. The topological polar surface area (TPSA) is 9.23 Å². The number of hydrogen-bond donors (Lipinski definition) is 0. The molecule has 0 N–H and O–H groups in total. The molecule has 3 aromatic rings. The lowest BCUT2D eigenvalue weighted by Gasteiger charge is -2.29. The van der Waals surface area contributed by atoms with Crippen molar-refractivity contribution >= 4 is 0 Å². The van der Waals surface area contributed by atoms with E-state index in [1.807, 2.05) is 19.1 Å². The predicted molar refractivity (Wildman–Crippen MR) is 150 cm³/mol. The van der Waals surface area contributed by atoms with E-state index in [1.165, 1.54) is 6.42 Å². The second-order valence-corrected chi connectivity index (χ2v) is 11.1. The summed E-state index contributed by atoms with van der Waals surface area (Å²) in [6.45, 7) is 4.50. The Hall–Kier alpha value is -2.82. The van der Waals surface area contributed by atoms with Gasteiger partial charge in [0.2, 0.25) is 5.82 Å². The highest BCUT2D eigenvalue weighted by Crippen LogP contribution is 2.40. The standard InChI is InChI=1S/C34H40F4O/c1-3-4-5-6-7-22-39-30-21-20-29(33(37)34(30)38)26-15-10-24(11-16-26)12-17-27-18-19-28(32(36)31(27)35)25-13-8-23(2)9-14-25/h8-9,13-14,18-21,24,26H,3-7,10-12,15-17,22H2,1-2H3. The molecule has 3 aromatic carbocycles. The van der Waals surface area contributed by atoms with Crippen LogP contribution in [0.3, 0.4) is 0 Å². The second kappa shape index (κ2) is 14.0. The van der Waals surface area contributed by atoms with E-state index in [1.54, 1.807) is 36.4 Å². The first kappa shape index (κ1) is 29.2. The molecule has 210 valence electrons. The summed E-state index contributed by atoms with van der Waals surface area (Å²) in [5, 5.41) is 0. The van der Waals surface area contributed by atoms with Crippen molar-refractivity contribution in [3.8, 4) is 16.9 Å². The first-order valence-corrected chi connectivity index (χ1v) is 14.5. The summed E-state index contributed by atoms with van der Waals surface area (Å²) in [4.78, 5) is 0. The van der Waals surface area contributed by atoms with Crippen LogP contribution in [0.4, 0.5) is 17.6 Å². The van der Waals surface area contributed by atoms with Crippen LogP contribution in [-0.2, 0) is 6.42 Å². The van der Waals surface area contributed by atoms with Crippen molar-refractivity contribution in [1.82, 2.24) is 0 Å². The lowest BCUT2D eigenvalue weighted by molar-refractivity contribution is 0.280. The van der Waals surface area contributed by atoms with Crippen molar-refractivity contribution < 1.29 is 22.3 Å². The number of hydrogen-bond acceptors (Lipinski definition) is 1. The molecule has 1 fully saturated rings. The third-order valence-corrected chi connectivity index (χ3v) is 8.22. The lowest BCUT2D eigenvalue weighted by Crippen LogP contribution is -2.16. The maximum Gasteiger partial charge on any atom is 0.200 e. The zero-order valence-corrected chi connectivity index (χ0v) is 23.2. The highest BCUT2D eigenvalue weighted by atomic mass is 19.2. The number of rotatable bonds is 12. The molecule has 1 nitrogen and oxygen atoms in total. The fraction of sp³-hybridized carbons (Fsp3) is 0.471. The van der Waals surface area contributed by atoms with Gasteiger partial charge in [0.15, 0.2) is 23.2 Å². The van der Waals surface area contributed by atoms with Gasteiger partial charge in [0.25, 0.3) is 0 Å². The summed E-state index contributed by atoms with van der Waals surface area (Å²) in [5.74, 6) is -2.97. The zero-order chi connectivity index (χ0) is 27.8. The summed E-state index contributed by atoms with van der Waals surface area (Å²) in [6.07, 6.45) is 9.74. The molecule has 0 unspecified atom stereocenters. The van der Waals surface area contributed by atoms with Crippen molar-refractivity contribution in [2.75, 3.05) is 6.61 Å². The van der Waals surface area contributed by atoms with Crippen molar-refractivity contribution in [3.05, 3.63) is 88.5 Å². The van der Waals surface area contributed by atoms with Gasteiger partial charge in [-0.1, -0.05) is 80.6 Å². The molecule has 1 aliphatic rings. The smallest absolute Gasteiger partial charge is 0.200 e. The largest absolute Gasteiger partial charge is 0.490 e. The molecule has 0 atom stereocenters. The minimum absolute atomic E-state index is 0.0110. The molecule has 39 heavy (non-hydrogen) atoms. The van der Waals surface area contributed by atoms with Gasteiger partial charge >= 0.3 is 0 Å². The molecule has 1 aliphatic carbocycles. The van der Waals surface area contributed by atoms with Gasteiger partial charge in [-0.15, -0.1) is 0 Å². The highest BCUT2D eigenvalue weighted by molar-refractivity contribution is 5.65. The van der Waals surface area contributed by atoms with Crippen molar-refractivity contribution in [2.24, 2.45) is 5.92 Å². The third-order valence-electron chi connectivity index (χ3n) is 8.22. The predicted octanol–water partition coefficient (Wildman–Crippen LogP) is 10.5. The third kappa shape index (κ3) is 7.43. The summed E-state index contributed by atoms with van der Waals surface area (Å²) in [7, 11) is 0. The van der Waals surface area contributed by atoms with E-state index in [9.17, 15) is 17.6 Å². The van der Waals surface area contributed by atoms with E-state index in [4.69, 9.17) is 4.74 Å². The van der Waals surface area contributed by atoms with Gasteiger partial charge in [0, 0.05) is 5.56 Å². The SMILES string of the molecule is CCCCCCCOc1ccc(C2CCC(CCc3ccc(-c4ccc(C)cc4)c(F)c3F)CC2)c(F)c1F. The van der Waals surface area contributed by atoms with E-state index in [-0.39, 0.29) is 17.2 Å². The van der Waals surface area contributed by atoms with Gasteiger partial charge in [-0.05, 0) is 86.5 Å². The van der Waals surface area contributed by atoms with Crippen molar-refractivity contribution in [3.63, 3.8) is 0 Å². The molecule has 0 heterocycles. The molecule has 1 saturated carbocycles. The van der Waals surface area contributed by atoms with Crippen LogP contribution in [0.5, 0.6) is 5.75 Å². The molecule has 4 rings (SSSR count). The van der Waals surface area contributed by atoms with E-state index in [0.717, 1.165) is 63.4 Å². The first-order valence-electron chi connectivity index (χ1n) is 14.5. The van der Waals surface area contributed by atoms with Crippen LogP contribution in [0.15, 0.2) is 48.5 Å². The normalized spacial score (nSPS) is 17.4. The molecule has 0 aliphatic heterocycles. The number of benzene rings is 3. The average molecular weight is 541 g/mol. The minimum atomic E-state index is -0.894. The lowest BCUT2D eigenvalue weighted by atomic mass is 9.76. The Balaban J connectivity index is 1.28. The summed E-state index contributed by atoms with van der Waals surface area (Å²) < 4.78 is 64.8. The molecule has 5 heteroatoms. The van der Waals surface area contributed by atoms with E-state index in [2.05, 4.69) is 6.92 Å². The Bertz CT molecular complexity index is 1210. The van der Waals surface area contributed by atoms with Gasteiger partial charge < -0.3 is 4.74 Å². The maximum atomic E-state index is 14.9. The fourth-order valence-electron chi connectivity index (χ4n) is 5.72. The van der Waals surface area contributed by atoms with Crippen LogP contribution in [-0.4, -0.2) is 6.61 Å². The second-order valence-electron chi connectivity index (χ2n) is 11.1. The Kier molecular flexibility index (Phi) is 10.5. The number of aryl methyl sites for hydroxylation is 2. The highest BCUT2D eigenvalue weighted by Gasteiger charge is 2.27. The Morgan fingerprint density at radius 3 is 2.15 bits per heavy atom. The summed E-state index contributed by atoms with van der Waals surface area (Å²) in [5.41, 5.74) is 2.80. The Labute approximate surface area is 230 Å². The van der Waals surface area contributed by atoms with Crippen LogP contribution in [0.25, 0.3) is 11.1 Å². The number of ether oxygens (including phenoxy) is 1. The van der Waals surface area contributed by atoms with Gasteiger partial charge in [-0.2, -0.15) is 4.39 Å². The number of unbranched alkanes of at least 4 members (excludes halogenated alkanes) is 4. The minimum Gasteiger partial charge on any atom is -0.490 e. The number of halogens is 4. The fourth-order valence-corrected chi connectivity index (χ4v) is 5.72. The molecular weight excluding hydrogens is 500 g/mol. The zero-order valence-electron chi connectivity index (χ0n) is 23.2. The Morgan fingerprint density at radius 2 is 1.44 bits per heavy atom. The van der Waals surface area contributed by atoms with Crippen molar-refractivity contribution in [1.29, 1.82) is 0 Å². The molecule has 0 radical (unpaired) electrons. The molecule has 0 saturated heterocycles. The van der Waals surface area contributed by atoms with Crippen molar-refractivity contribution in [2.45, 2.75) is 90.4 Å². The molecule has 0 spiro atoms. The van der Waals surface area contributed by atoms with Crippen LogP contribution < -0.4 is 4.74 Å². The van der Waals surface area contributed by atoms with Crippen LogP contribution in [0.2, 0.25) is 0 Å². The molecule has 0 amide bonds. The van der Waals surface area contributed by atoms with Gasteiger partial charge in [0.05, 0.1) is 6.61 Å². The summed E-state index contributed by atoms with van der Waals surface area (Å²) >= 11 is 0. The average Bonchev–Trinajstić information content (AvgIpc) is 2.95. The van der Waals surface area contributed by atoms with Crippen LogP contribution in [0.1, 0.15) is 93.7 Å². The molecule has 0 bridgehead atoms. The van der Waals surface area contributed by atoms with E-state index >= 15 is 0 Å². The van der Waals surface area contributed by atoms with Gasteiger partial charge in [0.1, 0.15) is 0 Å².